The van der Waals surface area contributed by atoms with Gasteiger partial charge >= 0.3 is 5.97 Å². The smallest absolute Gasteiger partial charge is 0.314 e. The van der Waals surface area contributed by atoms with Crippen LogP contribution in [-0.2, 0) is 4.79 Å². The Bertz CT molecular complexity index is 911. The number of nitrogens with zero attached hydrogens (tertiary/aromatic N) is 1. The van der Waals surface area contributed by atoms with Gasteiger partial charge in [0.2, 0.25) is 5.78 Å². The molecule has 1 fully saturated rings. The van der Waals surface area contributed by atoms with E-state index in [1.54, 1.807) is 30.5 Å². The molecular weight excluding hydrogens is 342 g/mol. The fraction of sp³-hybridized carbons (Fsp3) is 0.318. The number of hydrogen-bond acceptors (Lipinski definition) is 5. The summed E-state index contributed by atoms with van der Waals surface area (Å²) in [6.07, 6.45) is 8.37. The largest absolute Gasteiger partial charge is 0.452 e. The number of rotatable bonds is 3. The van der Waals surface area contributed by atoms with Gasteiger partial charge in [-0.15, -0.1) is 0 Å². The lowest BCUT2D eigenvalue weighted by Gasteiger charge is -2.20. The summed E-state index contributed by atoms with van der Waals surface area (Å²) in [6.45, 7) is 1.82. The average molecular weight is 363 g/mol. The molecule has 1 aromatic heterocycles. The molecular formula is C22H21NO4. The Hall–Kier alpha value is -2.95. The molecule has 0 bridgehead atoms. The van der Waals surface area contributed by atoms with Crippen LogP contribution in [0.2, 0.25) is 0 Å². The first kappa shape index (κ1) is 17.5. The van der Waals surface area contributed by atoms with E-state index in [2.05, 4.69) is 4.98 Å². The van der Waals surface area contributed by atoms with Crippen LogP contribution in [0, 0.1) is 12.8 Å². The highest BCUT2D eigenvalue weighted by Gasteiger charge is 2.31. The minimum absolute atomic E-state index is 0.0329. The number of benzene rings is 1. The number of fused-ring (bicyclic) bond motifs is 1. The zero-order valence-corrected chi connectivity index (χ0v) is 15.2. The maximum atomic E-state index is 12.7. The van der Waals surface area contributed by atoms with Gasteiger partial charge in [-0.3, -0.25) is 14.6 Å². The van der Waals surface area contributed by atoms with Gasteiger partial charge in [-0.25, -0.2) is 0 Å². The lowest BCUT2D eigenvalue weighted by molar-refractivity contribution is -0.139. The normalized spacial score (nSPS) is 18.3. The molecule has 0 spiro atoms. The van der Waals surface area contributed by atoms with Gasteiger partial charge in [0.25, 0.3) is 0 Å². The Labute approximate surface area is 158 Å². The fourth-order valence-corrected chi connectivity index (χ4v) is 3.67. The summed E-state index contributed by atoms with van der Waals surface area (Å²) >= 11 is 0. The second-order valence-electron chi connectivity index (χ2n) is 7.06. The summed E-state index contributed by atoms with van der Waals surface area (Å²) in [5.41, 5.74) is 1.89. The molecule has 1 aliphatic heterocycles. The van der Waals surface area contributed by atoms with Gasteiger partial charge in [-0.1, -0.05) is 25.3 Å². The van der Waals surface area contributed by atoms with Crippen molar-refractivity contribution in [3.05, 3.63) is 59.1 Å². The first-order chi connectivity index (χ1) is 13.1. The molecule has 0 radical (unpaired) electrons. The Morgan fingerprint density at radius 3 is 2.78 bits per heavy atom. The number of carbonyl (C=O) groups excluding carboxylic acids is 2. The van der Waals surface area contributed by atoms with E-state index >= 15 is 0 Å². The van der Waals surface area contributed by atoms with Gasteiger partial charge in [0.1, 0.15) is 11.5 Å². The Morgan fingerprint density at radius 2 is 2.04 bits per heavy atom. The second kappa shape index (κ2) is 7.35. The summed E-state index contributed by atoms with van der Waals surface area (Å²) in [5, 5.41) is 0. The zero-order chi connectivity index (χ0) is 18.8. The van der Waals surface area contributed by atoms with Crippen LogP contribution in [0.4, 0.5) is 0 Å². The summed E-state index contributed by atoms with van der Waals surface area (Å²) in [5.74, 6) is 0.667. The predicted molar refractivity (Wildman–Crippen MR) is 101 cm³/mol. The van der Waals surface area contributed by atoms with Crippen molar-refractivity contribution in [3.8, 4) is 11.5 Å². The number of ketones is 1. The second-order valence-corrected chi connectivity index (χ2v) is 7.06. The van der Waals surface area contributed by atoms with Crippen LogP contribution in [0.1, 0.15) is 53.7 Å². The van der Waals surface area contributed by atoms with Crippen LogP contribution in [0.5, 0.6) is 11.5 Å². The van der Waals surface area contributed by atoms with E-state index in [1.807, 2.05) is 19.1 Å². The summed E-state index contributed by atoms with van der Waals surface area (Å²) in [7, 11) is 0. The molecule has 0 saturated heterocycles. The maximum Gasteiger partial charge on any atom is 0.314 e. The SMILES string of the molecule is Cc1cc(OC(=O)C2CCCCC2)cc2c1C(=O)/C(=C/c1ccccn1)O2. The minimum atomic E-state index is -0.192. The number of pyridine rings is 1. The minimum Gasteiger partial charge on any atom is -0.452 e. The van der Waals surface area contributed by atoms with Gasteiger partial charge in [0, 0.05) is 18.3 Å². The number of aryl methyl sites for hydroxylation is 1. The Balaban J connectivity index is 1.56. The summed E-state index contributed by atoms with van der Waals surface area (Å²) < 4.78 is 11.3. The van der Waals surface area contributed by atoms with E-state index in [0.29, 0.717) is 22.8 Å². The summed E-state index contributed by atoms with van der Waals surface area (Å²) in [6, 6.07) is 8.81. The molecule has 0 N–H and O–H groups in total. The molecule has 138 valence electrons. The van der Waals surface area contributed by atoms with Crippen molar-refractivity contribution in [2.75, 3.05) is 0 Å². The monoisotopic (exact) mass is 363 g/mol. The molecule has 27 heavy (non-hydrogen) atoms. The van der Waals surface area contributed by atoms with Crippen molar-refractivity contribution in [1.29, 1.82) is 0 Å². The molecule has 0 unspecified atom stereocenters. The highest BCUT2D eigenvalue weighted by atomic mass is 16.5. The number of esters is 1. The molecule has 1 aliphatic carbocycles. The fourth-order valence-electron chi connectivity index (χ4n) is 3.67. The Kier molecular flexibility index (Phi) is 4.75. The molecule has 2 aliphatic rings. The van der Waals surface area contributed by atoms with E-state index in [0.717, 1.165) is 31.2 Å². The molecule has 1 aromatic carbocycles. The first-order valence-electron chi connectivity index (χ1n) is 9.33. The van der Waals surface area contributed by atoms with Crippen LogP contribution in [-0.4, -0.2) is 16.7 Å². The molecule has 2 heterocycles. The topological polar surface area (TPSA) is 65.5 Å². The van der Waals surface area contributed by atoms with E-state index in [9.17, 15) is 9.59 Å². The molecule has 4 rings (SSSR count). The number of carbonyl (C=O) groups is 2. The lowest BCUT2D eigenvalue weighted by Crippen LogP contribution is -2.22. The number of ether oxygens (including phenoxy) is 2. The van der Waals surface area contributed by atoms with Gasteiger partial charge in [-0.05, 0) is 43.5 Å². The number of Topliss-reactive ketones (excluding diaryl/α,β-unsaturated/α-hetero) is 1. The van der Waals surface area contributed by atoms with Crippen LogP contribution in [0.25, 0.3) is 6.08 Å². The zero-order valence-electron chi connectivity index (χ0n) is 15.2. The Morgan fingerprint density at radius 1 is 1.22 bits per heavy atom. The van der Waals surface area contributed by atoms with Crippen LogP contribution < -0.4 is 9.47 Å². The van der Waals surface area contributed by atoms with Crippen LogP contribution in [0.15, 0.2) is 42.3 Å². The molecule has 5 heteroatoms. The van der Waals surface area contributed by atoms with Gasteiger partial charge in [0.15, 0.2) is 5.76 Å². The first-order valence-corrected chi connectivity index (χ1v) is 9.33. The molecule has 0 amide bonds. The maximum absolute atomic E-state index is 12.7. The molecule has 5 nitrogen and oxygen atoms in total. The van der Waals surface area contributed by atoms with Crippen molar-refractivity contribution < 1.29 is 19.1 Å². The van der Waals surface area contributed by atoms with Crippen LogP contribution >= 0.6 is 0 Å². The van der Waals surface area contributed by atoms with Crippen molar-refractivity contribution in [1.82, 2.24) is 4.98 Å². The third kappa shape index (κ3) is 3.63. The van der Waals surface area contributed by atoms with Crippen molar-refractivity contribution in [3.63, 3.8) is 0 Å². The lowest BCUT2D eigenvalue weighted by atomic mass is 9.89. The van der Waals surface area contributed by atoms with Crippen LogP contribution in [0.3, 0.4) is 0 Å². The van der Waals surface area contributed by atoms with Gasteiger partial charge in [-0.2, -0.15) is 0 Å². The van der Waals surface area contributed by atoms with Crippen molar-refractivity contribution in [2.45, 2.75) is 39.0 Å². The third-order valence-electron chi connectivity index (χ3n) is 5.07. The summed E-state index contributed by atoms with van der Waals surface area (Å²) in [4.78, 5) is 29.3. The van der Waals surface area contributed by atoms with Crippen molar-refractivity contribution >= 4 is 17.8 Å². The highest BCUT2D eigenvalue weighted by Crippen LogP contribution is 2.38. The molecule has 2 aromatic rings. The standard InChI is InChI=1S/C22H21NO4/c1-14-11-17(26-22(25)15-7-3-2-4-8-15)13-18-20(14)21(24)19(27-18)12-16-9-5-6-10-23-16/h5-6,9-13,15H,2-4,7-8H2,1H3/b19-12-. The van der Waals surface area contributed by atoms with E-state index in [-0.39, 0.29) is 23.4 Å². The highest BCUT2D eigenvalue weighted by molar-refractivity contribution is 6.15. The molecule has 1 saturated carbocycles. The number of hydrogen-bond donors (Lipinski definition) is 0. The number of aromatic nitrogens is 1. The predicted octanol–water partition coefficient (Wildman–Crippen LogP) is 4.49. The number of allylic oxidation sites excluding steroid dienone is 1. The van der Waals surface area contributed by atoms with E-state index in [1.165, 1.54) is 6.42 Å². The van der Waals surface area contributed by atoms with E-state index < -0.39 is 0 Å². The molecule has 0 atom stereocenters. The van der Waals surface area contributed by atoms with Crippen molar-refractivity contribution in [2.24, 2.45) is 5.92 Å². The quantitative estimate of drug-likeness (QED) is 0.457. The third-order valence-corrected chi connectivity index (χ3v) is 5.07. The van der Waals surface area contributed by atoms with Gasteiger partial charge < -0.3 is 9.47 Å². The van der Waals surface area contributed by atoms with Gasteiger partial charge in [0.05, 0.1) is 17.2 Å². The average Bonchev–Trinajstić information content (AvgIpc) is 2.99. The van der Waals surface area contributed by atoms with E-state index in [4.69, 9.17) is 9.47 Å².